The third kappa shape index (κ3) is 3.45. The van der Waals surface area contributed by atoms with Gasteiger partial charge >= 0.3 is 0 Å². The molecule has 5 nitrogen and oxygen atoms in total. The molecule has 1 aromatic heterocycles. The van der Waals surface area contributed by atoms with Crippen LogP contribution in [-0.4, -0.2) is 22.1 Å². The predicted octanol–water partition coefficient (Wildman–Crippen LogP) is 1.71. The number of carbonyl (C=O) groups is 1. The van der Waals surface area contributed by atoms with Gasteiger partial charge in [0.2, 0.25) is 0 Å². The van der Waals surface area contributed by atoms with Gasteiger partial charge < -0.3 is 11.1 Å². The Hall–Kier alpha value is -2.08. The molecule has 6 heteroatoms. The second-order valence-electron chi connectivity index (χ2n) is 3.82. The highest BCUT2D eigenvalue weighted by Gasteiger charge is 2.11. The van der Waals surface area contributed by atoms with Crippen LogP contribution in [-0.2, 0) is 6.54 Å². The first-order chi connectivity index (χ1) is 9.20. The Morgan fingerprint density at radius 3 is 2.74 bits per heavy atom. The molecule has 2 rings (SSSR count). The number of nitrogen functional groups attached to an aromatic ring is 1. The van der Waals surface area contributed by atoms with E-state index < -0.39 is 0 Å². The number of anilines is 1. The molecule has 0 saturated heterocycles. The van der Waals surface area contributed by atoms with Crippen LogP contribution >= 0.6 is 11.8 Å². The Kier molecular flexibility index (Phi) is 4.35. The molecule has 0 saturated carbocycles. The third-order valence-corrected chi connectivity index (χ3v) is 3.08. The van der Waals surface area contributed by atoms with E-state index in [0.29, 0.717) is 17.3 Å². The number of nitrogens with one attached hydrogen (secondary N) is 1. The number of thioether (sulfide) groups is 1. The fourth-order valence-corrected chi connectivity index (χ4v) is 1.87. The quantitative estimate of drug-likeness (QED) is 0.655. The van der Waals surface area contributed by atoms with Gasteiger partial charge in [0.25, 0.3) is 5.91 Å². The molecule has 3 N–H and O–H groups in total. The third-order valence-electron chi connectivity index (χ3n) is 2.52. The van der Waals surface area contributed by atoms with E-state index in [1.54, 1.807) is 0 Å². The summed E-state index contributed by atoms with van der Waals surface area (Å²) in [5.74, 6) is -0.0704. The van der Waals surface area contributed by atoms with Gasteiger partial charge in [-0.2, -0.15) is 0 Å². The first kappa shape index (κ1) is 13.4. The van der Waals surface area contributed by atoms with E-state index in [4.69, 9.17) is 5.73 Å². The number of hydrogen-bond acceptors (Lipinski definition) is 5. The number of aromatic nitrogens is 2. The van der Waals surface area contributed by atoms with Gasteiger partial charge in [-0.05, 0) is 11.8 Å². The molecule has 0 unspecified atom stereocenters. The Balaban J connectivity index is 2.04. The summed E-state index contributed by atoms with van der Waals surface area (Å²) in [5.41, 5.74) is 7.07. The normalized spacial score (nSPS) is 10.2. The highest BCUT2D eigenvalue weighted by atomic mass is 32.2. The van der Waals surface area contributed by atoms with E-state index in [2.05, 4.69) is 15.3 Å². The average Bonchev–Trinajstić information content (AvgIpc) is 2.45. The number of benzene rings is 1. The van der Waals surface area contributed by atoms with Crippen LogP contribution in [0.25, 0.3) is 0 Å². The second kappa shape index (κ2) is 6.19. The van der Waals surface area contributed by atoms with Crippen LogP contribution in [0.15, 0.2) is 41.7 Å². The minimum atomic E-state index is -0.269. The van der Waals surface area contributed by atoms with Crippen LogP contribution < -0.4 is 11.1 Å². The van der Waals surface area contributed by atoms with Crippen LogP contribution in [0.4, 0.5) is 5.82 Å². The maximum absolute atomic E-state index is 12.0. The monoisotopic (exact) mass is 274 g/mol. The molecule has 2 aromatic rings. The number of nitrogens with two attached hydrogens (primary N) is 1. The number of hydrogen-bond donors (Lipinski definition) is 2. The van der Waals surface area contributed by atoms with E-state index >= 15 is 0 Å². The van der Waals surface area contributed by atoms with Crippen molar-refractivity contribution >= 4 is 23.5 Å². The van der Waals surface area contributed by atoms with E-state index in [-0.39, 0.29) is 11.7 Å². The minimum Gasteiger partial charge on any atom is -0.383 e. The largest absolute Gasteiger partial charge is 0.383 e. The smallest absolute Gasteiger partial charge is 0.256 e. The molecule has 0 fully saturated rings. The fraction of sp³-hybridized carbons (Fsp3) is 0.154. The van der Waals surface area contributed by atoms with Crippen molar-refractivity contribution in [2.24, 2.45) is 0 Å². The van der Waals surface area contributed by atoms with Crippen LogP contribution in [0.1, 0.15) is 15.9 Å². The molecule has 0 aliphatic heterocycles. The van der Waals surface area contributed by atoms with Crippen molar-refractivity contribution in [3.05, 3.63) is 47.7 Å². The molecule has 0 aliphatic rings. The summed E-state index contributed by atoms with van der Waals surface area (Å²) in [7, 11) is 0. The van der Waals surface area contributed by atoms with Gasteiger partial charge in [0.15, 0.2) is 5.16 Å². The van der Waals surface area contributed by atoms with Crippen molar-refractivity contribution in [3.63, 3.8) is 0 Å². The summed E-state index contributed by atoms with van der Waals surface area (Å²) < 4.78 is 0. The van der Waals surface area contributed by atoms with Gasteiger partial charge in [-0.15, -0.1) is 0 Å². The first-order valence-corrected chi connectivity index (χ1v) is 6.92. The lowest BCUT2D eigenvalue weighted by molar-refractivity contribution is 0.0951. The predicted molar refractivity (Wildman–Crippen MR) is 75.8 cm³/mol. The van der Waals surface area contributed by atoms with Crippen molar-refractivity contribution in [1.82, 2.24) is 15.3 Å². The molecule has 1 heterocycles. The van der Waals surface area contributed by atoms with E-state index in [9.17, 15) is 4.79 Å². The van der Waals surface area contributed by atoms with Gasteiger partial charge in [-0.3, -0.25) is 4.79 Å². The molecule has 19 heavy (non-hydrogen) atoms. The van der Waals surface area contributed by atoms with Gasteiger partial charge in [0, 0.05) is 12.7 Å². The fourth-order valence-electron chi connectivity index (χ4n) is 1.52. The zero-order chi connectivity index (χ0) is 13.7. The van der Waals surface area contributed by atoms with Crippen molar-refractivity contribution in [2.75, 3.05) is 12.0 Å². The standard InChI is InChI=1S/C13H14N4OS/c1-19-13-16-8-10(11(14)17-13)12(18)15-7-9-5-3-2-4-6-9/h2-6,8H,7H2,1H3,(H,15,18)(H2,14,16,17). The van der Waals surface area contributed by atoms with E-state index in [1.165, 1.54) is 18.0 Å². The Labute approximate surface area is 115 Å². The summed E-state index contributed by atoms with van der Waals surface area (Å²) in [4.78, 5) is 20.0. The summed E-state index contributed by atoms with van der Waals surface area (Å²) in [6, 6.07) is 9.66. The average molecular weight is 274 g/mol. The highest BCUT2D eigenvalue weighted by molar-refractivity contribution is 7.98. The van der Waals surface area contributed by atoms with Gasteiger partial charge in [-0.25, -0.2) is 9.97 Å². The Bertz CT molecular complexity index is 574. The summed E-state index contributed by atoms with van der Waals surface area (Å²) in [6.45, 7) is 0.448. The molecule has 0 bridgehead atoms. The Morgan fingerprint density at radius 2 is 2.11 bits per heavy atom. The molecule has 0 aliphatic carbocycles. The summed E-state index contributed by atoms with van der Waals surface area (Å²) >= 11 is 1.38. The number of nitrogens with zero attached hydrogens (tertiary/aromatic N) is 2. The zero-order valence-electron chi connectivity index (χ0n) is 10.5. The van der Waals surface area contributed by atoms with Crippen LogP contribution in [0.3, 0.4) is 0 Å². The van der Waals surface area contributed by atoms with Crippen LogP contribution in [0.5, 0.6) is 0 Å². The second-order valence-corrected chi connectivity index (χ2v) is 4.60. The number of amides is 1. The minimum absolute atomic E-state index is 0.199. The zero-order valence-corrected chi connectivity index (χ0v) is 11.3. The van der Waals surface area contributed by atoms with Crippen molar-refractivity contribution in [2.45, 2.75) is 11.7 Å². The first-order valence-electron chi connectivity index (χ1n) is 5.69. The van der Waals surface area contributed by atoms with Gasteiger partial charge in [0.1, 0.15) is 5.82 Å². The molecule has 1 aromatic carbocycles. The maximum atomic E-state index is 12.0. The van der Waals surface area contributed by atoms with E-state index in [0.717, 1.165) is 5.56 Å². The maximum Gasteiger partial charge on any atom is 0.256 e. The van der Waals surface area contributed by atoms with Crippen molar-refractivity contribution in [3.8, 4) is 0 Å². The Morgan fingerprint density at radius 1 is 1.37 bits per heavy atom. The lowest BCUT2D eigenvalue weighted by Gasteiger charge is -2.07. The topological polar surface area (TPSA) is 80.9 Å². The molecule has 0 spiro atoms. The highest BCUT2D eigenvalue weighted by Crippen LogP contribution is 2.13. The van der Waals surface area contributed by atoms with Crippen LogP contribution in [0, 0.1) is 0 Å². The number of carbonyl (C=O) groups excluding carboxylic acids is 1. The molecule has 1 amide bonds. The van der Waals surface area contributed by atoms with Crippen LogP contribution in [0.2, 0.25) is 0 Å². The SMILES string of the molecule is CSc1ncc(C(=O)NCc2ccccc2)c(N)n1. The van der Waals surface area contributed by atoms with Gasteiger partial charge in [-0.1, -0.05) is 42.1 Å². The van der Waals surface area contributed by atoms with Gasteiger partial charge in [0.05, 0.1) is 5.56 Å². The number of rotatable bonds is 4. The molecular formula is C13H14N4OS. The van der Waals surface area contributed by atoms with Crippen molar-refractivity contribution < 1.29 is 4.79 Å². The molecule has 98 valence electrons. The lowest BCUT2D eigenvalue weighted by atomic mass is 10.2. The summed E-state index contributed by atoms with van der Waals surface area (Å²) in [6.07, 6.45) is 3.30. The van der Waals surface area contributed by atoms with E-state index in [1.807, 2.05) is 36.6 Å². The molecule has 0 radical (unpaired) electrons. The van der Waals surface area contributed by atoms with Crippen molar-refractivity contribution in [1.29, 1.82) is 0 Å². The molecular weight excluding hydrogens is 260 g/mol. The summed E-state index contributed by atoms with van der Waals surface area (Å²) in [5, 5.41) is 3.34. The molecule has 0 atom stereocenters. The lowest BCUT2D eigenvalue weighted by Crippen LogP contribution is -2.24.